The van der Waals surface area contributed by atoms with Crippen molar-refractivity contribution < 1.29 is 37.8 Å². The van der Waals surface area contributed by atoms with E-state index in [-0.39, 0.29) is 13.2 Å². The molecular weight excluding hydrogens is 310 g/mol. The van der Waals surface area contributed by atoms with Gasteiger partial charge in [-0.3, -0.25) is 4.52 Å². The third-order valence-corrected chi connectivity index (χ3v) is 3.72. The number of hydrogen-bond donors (Lipinski definition) is 4. The molecule has 1 atom stereocenters. The van der Waals surface area contributed by atoms with Gasteiger partial charge in [0.15, 0.2) is 0 Å². The van der Waals surface area contributed by atoms with Gasteiger partial charge >= 0.3 is 15.6 Å². The Morgan fingerprint density at radius 2 is 1.50 bits per heavy atom. The highest BCUT2D eigenvalue weighted by Crippen LogP contribution is 2.57. The fourth-order valence-corrected chi connectivity index (χ4v) is 2.27. The Morgan fingerprint density at radius 3 is 1.75 bits per heavy atom. The molecule has 8 nitrogen and oxygen atoms in total. The molecule has 0 aromatic carbocycles. The summed E-state index contributed by atoms with van der Waals surface area (Å²) in [5, 5.41) is 8.18. The normalized spacial score (nSPS) is 13.9. The number of aliphatic hydroxyl groups excluding tert-OH is 1. The Balaban J connectivity index is 0. The Labute approximate surface area is 118 Å². The summed E-state index contributed by atoms with van der Waals surface area (Å²) >= 11 is 0. The van der Waals surface area contributed by atoms with E-state index in [1.54, 1.807) is 6.92 Å². The number of rotatable bonds is 8. The van der Waals surface area contributed by atoms with Gasteiger partial charge in [-0.25, -0.2) is 9.13 Å². The summed E-state index contributed by atoms with van der Waals surface area (Å²) in [7, 11) is -9.69. The quantitative estimate of drug-likeness (QED) is 0.392. The van der Waals surface area contributed by atoms with Crippen molar-refractivity contribution in [2.24, 2.45) is 0 Å². The highest BCUT2D eigenvalue weighted by atomic mass is 31.3. The van der Waals surface area contributed by atoms with Crippen LogP contribution < -0.4 is 0 Å². The van der Waals surface area contributed by atoms with Crippen molar-refractivity contribution in [3.05, 3.63) is 24.3 Å². The lowest BCUT2D eigenvalue weighted by Gasteiger charge is -2.11. The molecule has 0 bridgehead atoms. The maximum Gasteiger partial charge on any atom is 0.481 e. The van der Waals surface area contributed by atoms with E-state index in [9.17, 15) is 9.13 Å². The summed E-state index contributed by atoms with van der Waals surface area (Å²) in [6.07, 6.45) is 1.04. The Bertz CT molecular complexity index is 400. The van der Waals surface area contributed by atoms with E-state index in [1.165, 1.54) is 0 Å². The lowest BCUT2D eigenvalue weighted by Crippen LogP contribution is -1.96. The third kappa shape index (κ3) is 20.0. The van der Waals surface area contributed by atoms with Crippen LogP contribution in [0.15, 0.2) is 24.3 Å². The molecule has 0 saturated heterocycles. The average Bonchev–Trinajstić information content (AvgIpc) is 2.12. The van der Waals surface area contributed by atoms with Crippen molar-refractivity contribution in [3.8, 4) is 0 Å². The maximum atomic E-state index is 10.8. The molecule has 0 aliphatic heterocycles. The number of hydrogen-bond acceptors (Lipinski definition) is 5. The molecule has 0 fully saturated rings. The van der Waals surface area contributed by atoms with Gasteiger partial charge in [0.2, 0.25) is 0 Å². The lowest BCUT2D eigenvalue weighted by atomic mass is 10.3. The van der Waals surface area contributed by atoms with E-state index in [2.05, 4.69) is 22.0 Å². The van der Waals surface area contributed by atoms with E-state index < -0.39 is 15.6 Å². The standard InChI is InChI=1S/C5H12O7P2.C5H10O/c1-5(2)3-4-11-14(9,10)12-13(6,7)8;1-5(2)3-4-6/h1,3-4H2,2H3,(H,9,10)(H2,6,7,8);6H,1,3-4H2,2H3. The van der Waals surface area contributed by atoms with Gasteiger partial charge in [-0.05, 0) is 26.7 Å². The van der Waals surface area contributed by atoms with Crippen molar-refractivity contribution in [1.82, 2.24) is 0 Å². The maximum absolute atomic E-state index is 10.8. The minimum Gasteiger partial charge on any atom is -0.396 e. The Morgan fingerprint density at radius 1 is 1.05 bits per heavy atom. The molecule has 0 rings (SSSR count). The Kier molecular flexibility index (Phi) is 11.5. The molecule has 0 saturated carbocycles. The van der Waals surface area contributed by atoms with Gasteiger partial charge in [-0.15, -0.1) is 13.2 Å². The van der Waals surface area contributed by atoms with E-state index in [4.69, 9.17) is 19.8 Å². The minimum atomic E-state index is -5.01. The zero-order valence-corrected chi connectivity index (χ0v) is 13.3. The topological polar surface area (TPSA) is 134 Å². The van der Waals surface area contributed by atoms with E-state index in [0.29, 0.717) is 12.0 Å². The largest absolute Gasteiger partial charge is 0.481 e. The minimum absolute atomic E-state index is 0.191. The zero-order valence-electron chi connectivity index (χ0n) is 11.6. The molecule has 20 heavy (non-hydrogen) atoms. The smallest absolute Gasteiger partial charge is 0.396 e. The highest BCUT2D eigenvalue weighted by Gasteiger charge is 2.31. The second kappa shape index (κ2) is 10.4. The van der Waals surface area contributed by atoms with Gasteiger partial charge in [0.25, 0.3) is 0 Å². The molecule has 1 unspecified atom stereocenters. The molecule has 0 amide bonds. The zero-order chi connectivity index (χ0) is 16.4. The Hall–Kier alpha value is -0.300. The first-order valence-corrected chi connectivity index (χ1v) is 8.56. The predicted octanol–water partition coefficient (Wildman–Crippen LogP) is 2.12. The lowest BCUT2D eigenvalue weighted by molar-refractivity contribution is 0.180. The second-order valence-corrected chi connectivity index (χ2v) is 6.84. The van der Waals surface area contributed by atoms with Gasteiger partial charge in [0.05, 0.1) is 6.61 Å². The van der Waals surface area contributed by atoms with Crippen molar-refractivity contribution in [2.75, 3.05) is 13.2 Å². The third-order valence-electron chi connectivity index (χ3n) is 1.53. The van der Waals surface area contributed by atoms with Crippen LogP contribution in [0.25, 0.3) is 0 Å². The van der Waals surface area contributed by atoms with Crippen LogP contribution in [0.1, 0.15) is 26.7 Å². The average molecular weight is 332 g/mol. The molecule has 0 aromatic rings. The molecule has 0 aliphatic carbocycles. The highest BCUT2D eigenvalue weighted by molar-refractivity contribution is 7.60. The van der Waals surface area contributed by atoms with Crippen LogP contribution in [0.5, 0.6) is 0 Å². The summed E-state index contributed by atoms with van der Waals surface area (Å²) in [5.41, 5.74) is 1.75. The van der Waals surface area contributed by atoms with E-state index >= 15 is 0 Å². The molecule has 0 aromatic heterocycles. The molecule has 0 spiro atoms. The summed E-state index contributed by atoms with van der Waals surface area (Å²) in [5.74, 6) is 0. The van der Waals surface area contributed by atoms with E-state index in [1.807, 2.05) is 6.92 Å². The fourth-order valence-electron chi connectivity index (χ4n) is 0.684. The second-order valence-electron chi connectivity index (χ2n) is 4.01. The molecule has 120 valence electrons. The number of phosphoric ester groups is 1. The van der Waals surface area contributed by atoms with Crippen LogP contribution in [0.3, 0.4) is 0 Å². The van der Waals surface area contributed by atoms with E-state index in [0.717, 1.165) is 12.0 Å². The summed E-state index contributed by atoms with van der Waals surface area (Å²) < 4.78 is 28.8. The van der Waals surface area contributed by atoms with Crippen molar-refractivity contribution >= 4 is 15.6 Å². The SMILES string of the molecule is C=C(C)CCO.C=C(C)CCOP(=O)(O)OP(=O)(O)O. The summed E-state index contributed by atoms with van der Waals surface area (Å²) in [4.78, 5) is 25.2. The van der Waals surface area contributed by atoms with Gasteiger partial charge < -0.3 is 19.8 Å². The molecule has 0 radical (unpaired) electrons. The first-order valence-electron chi connectivity index (χ1n) is 5.53. The van der Waals surface area contributed by atoms with Crippen molar-refractivity contribution in [3.63, 3.8) is 0 Å². The first-order chi connectivity index (χ1) is 8.89. The van der Waals surface area contributed by atoms with Crippen LogP contribution in [-0.4, -0.2) is 33.0 Å². The number of phosphoric acid groups is 2. The van der Waals surface area contributed by atoms with Crippen LogP contribution in [0.2, 0.25) is 0 Å². The number of aliphatic hydroxyl groups is 1. The first kappa shape index (κ1) is 22.0. The van der Waals surface area contributed by atoms with Gasteiger partial charge in [0, 0.05) is 6.61 Å². The van der Waals surface area contributed by atoms with Crippen molar-refractivity contribution in [1.29, 1.82) is 0 Å². The van der Waals surface area contributed by atoms with Crippen LogP contribution in [0, 0.1) is 0 Å². The molecule has 4 N–H and O–H groups in total. The monoisotopic (exact) mass is 332 g/mol. The summed E-state index contributed by atoms with van der Waals surface area (Å²) in [6.45, 7) is 10.7. The van der Waals surface area contributed by atoms with Crippen LogP contribution in [-0.2, 0) is 18.0 Å². The summed E-state index contributed by atoms with van der Waals surface area (Å²) in [6, 6.07) is 0. The van der Waals surface area contributed by atoms with Gasteiger partial charge in [-0.1, -0.05) is 11.1 Å². The molecule has 0 heterocycles. The van der Waals surface area contributed by atoms with Crippen LogP contribution in [0.4, 0.5) is 0 Å². The van der Waals surface area contributed by atoms with Crippen LogP contribution >= 0.6 is 15.6 Å². The molecular formula is C10H22O8P2. The van der Waals surface area contributed by atoms with Crippen molar-refractivity contribution in [2.45, 2.75) is 26.7 Å². The predicted molar refractivity (Wildman–Crippen MR) is 74.9 cm³/mol. The molecule has 10 heteroatoms. The molecule has 0 aliphatic rings. The van der Waals surface area contributed by atoms with Gasteiger partial charge in [-0.2, -0.15) is 4.31 Å². The fraction of sp³-hybridized carbons (Fsp3) is 0.600. The van der Waals surface area contributed by atoms with Gasteiger partial charge in [0.1, 0.15) is 0 Å².